The zero-order chi connectivity index (χ0) is 21.7. The average Bonchev–Trinajstić information content (AvgIpc) is 3.26. The number of oxazole rings is 1. The fourth-order valence-corrected chi connectivity index (χ4v) is 5.22. The van der Waals surface area contributed by atoms with E-state index in [9.17, 15) is 4.57 Å². The van der Waals surface area contributed by atoms with Gasteiger partial charge in [0.1, 0.15) is 0 Å². The minimum Gasteiger partial charge on any atom is -0.420 e. The SMILES string of the molecule is CCOP(=O)(NCc1ccccc1)c1nc(-c2ccc(C)cc2)oc1N1CCOCC1. The Kier molecular flexibility index (Phi) is 6.88. The summed E-state index contributed by atoms with van der Waals surface area (Å²) in [5, 5.41) is 3.14. The van der Waals surface area contributed by atoms with Gasteiger partial charge >= 0.3 is 7.52 Å². The van der Waals surface area contributed by atoms with Crippen molar-refractivity contribution in [3.8, 4) is 11.5 Å². The fraction of sp³-hybridized carbons (Fsp3) is 0.348. The lowest BCUT2D eigenvalue weighted by molar-refractivity contribution is 0.121. The van der Waals surface area contributed by atoms with Crippen LogP contribution in [0.25, 0.3) is 11.5 Å². The number of aryl methyl sites for hydroxylation is 1. The first-order chi connectivity index (χ1) is 15.1. The second kappa shape index (κ2) is 9.79. The smallest absolute Gasteiger partial charge is 0.323 e. The lowest BCUT2D eigenvalue weighted by Gasteiger charge is -2.28. The van der Waals surface area contributed by atoms with Gasteiger partial charge in [0, 0.05) is 25.2 Å². The van der Waals surface area contributed by atoms with Crippen molar-refractivity contribution in [2.24, 2.45) is 0 Å². The van der Waals surface area contributed by atoms with Crippen LogP contribution < -0.4 is 15.4 Å². The standard InChI is InChI=1S/C23H28N3O4P/c1-3-29-31(27,24-17-19-7-5-4-6-8-19)22-23(26-13-15-28-16-14-26)30-21(25-22)20-11-9-18(2)10-12-20/h4-12H,3,13-17H2,1-2H3,(H,24,27). The van der Waals surface area contributed by atoms with Crippen molar-refractivity contribution in [2.45, 2.75) is 20.4 Å². The molecule has 1 atom stereocenters. The Morgan fingerprint density at radius 3 is 2.48 bits per heavy atom. The predicted molar refractivity (Wildman–Crippen MR) is 122 cm³/mol. The van der Waals surface area contributed by atoms with Gasteiger partial charge < -0.3 is 18.6 Å². The van der Waals surface area contributed by atoms with E-state index in [4.69, 9.17) is 13.7 Å². The molecule has 1 fully saturated rings. The Bertz CT molecular complexity index is 1030. The van der Waals surface area contributed by atoms with Gasteiger partial charge in [0.2, 0.25) is 17.2 Å². The summed E-state index contributed by atoms with van der Waals surface area (Å²) in [4.78, 5) is 6.72. The van der Waals surface area contributed by atoms with E-state index in [-0.39, 0.29) is 6.61 Å². The summed E-state index contributed by atoms with van der Waals surface area (Å²) in [7, 11) is -3.49. The normalized spacial score (nSPS) is 16.3. The molecule has 7 nitrogen and oxygen atoms in total. The number of hydrogen-bond acceptors (Lipinski definition) is 6. The monoisotopic (exact) mass is 441 g/mol. The van der Waals surface area contributed by atoms with Crippen LogP contribution in [0.1, 0.15) is 18.1 Å². The zero-order valence-electron chi connectivity index (χ0n) is 17.9. The highest BCUT2D eigenvalue weighted by Crippen LogP contribution is 2.45. The molecule has 0 amide bonds. The van der Waals surface area contributed by atoms with Crippen molar-refractivity contribution in [1.29, 1.82) is 0 Å². The number of rotatable bonds is 8. The molecule has 31 heavy (non-hydrogen) atoms. The van der Waals surface area contributed by atoms with Gasteiger partial charge in [-0.05, 0) is 31.5 Å². The van der Waals surface area contributed by atoms with E-state index in [0.29, 0.717) is 50.1 Å². The minimum atomic E-state index is -3.49. The van der Waals surface area contributed by atoms with E-state index in [0.717, 1.165) is 16.7 Å². The van der Waals surface area contributed by atoms with Crippen LogP contribution in [-0.4, -0.2) is 37.9 Å². The first kappa shape index (κ1) is 21.8. The van der Waals surface area contributed by atoms with Gasteiger partial charge in [-0.15, -0.1) is 0 Å². The van der Waals surface area contributed by atoms with Crippen LogP contribution in [0.3, 0.4) is 0 Å². The molecule has 1 aliphatic heterocycles. The third kappa shape index (κ3) is 5.08. The third-order valence-corrected chi connectivity index (χ3v) is 7.16. The number of nitrogens with zero attached hydrogens (tertiary/aromatic N) is 2. The number of nitrogens with one attached hydrogen (secondary N) is 1. The van der Waals surface area contributed by atoms with E-state index in [1.54, 1.807) is 0 Å². The maximum Gasteiger partial charge on any atom is 0.323 e. The number of hydrogen-bond donors (Lipinski definition) is 1. The molecule has 1 N–H and O–H groups in total. The molecule has 0 radical (unpaired) electrons. The lowest BCUT2D eigenvalue weighted by Crippen LogP contribution is -2.39. The van der Waals surface area contributed by atoms with Crippen molar-refractivity contribution in [3.05, 3.63) is 65.7 Å². The van der Waals surface area contributed by atoms with Gasteiger partial charge in [-0.2, -0.15) is 4.98 Å². The summed E-state index contributed by atoms with van der Waals surface area (Å²) < 4.78 is 31.5. The molecule has 0 spiro atoms. The maximum atomic E-state index is 14.0. The van der Waals surface area contributed by atoms with Crippen LogP contribution in [0, 0.1) is 6.92 Å². The Morgan fingerprint density at radius 2 is 1.81 bits per heavy atom. The molecular weight excluding hydrogens is 413 g/mol. The first-order valence-corrected chi connectivity index (χ1v) is 12.2. The van der Waals surface area contributed by atoms with E-state index in [2.05, 4.69) is 10.1 Å². The quantitative estimate of drug-likeness (QED) is 0.527. The van der Waals surface area contributed by atoms with E-state index < -0.39 is 7.52 Å². The molecule has 1 aromatic heterocycles. The molecule has 3 aromatic rings. The van der Waals surface area contributed by atoms with Crippen LogP contribution in [0.15, 0.2) is 59.0 Å². The molecule has 164 valence electrons. The van der Waals surface area contributed by atoms with Crippen molar-refractivity contribution in [2.75, 3.05) is 37.8 Å². The van der Waals surface area contributed by atoms with E-state index in [1.807, 2.05) is 73.3 Å². The second-order valence-electron chi connectivity index (χ2n) is 7.40. The predicted octanol–water partition coefficient (Wildman–Crippen LogP) is 4.13. The minimum absolute atomic E-state index is 0.286. The highest BCUT2D eigenvalue weighted by atomic mass is 31.2. The second-order valence-corrected chi connectivity index (χ2v) is 9.50. The van der Waals surface area contributed by atoms with Crippen molar-refractivity contribution in [1.82, 2.24) is 10.1 Å². The molecule has 2 aromatic carbocycles. The third-order valence-electron chi connectivity index (χ3n) is 5.11. The van der Waals surface area contributed by atoms with Crippen LogP contribution >= 0.6 is 7.52 Å². The highest BCUT2D eigenvalue weighted by molar-refractivity contribution is 7.65. The molecule has 1 unspecified atom stereocenters. The van der Waals surface area contributed by atoms with Crippen molar-refractivity contribution >= 4 is 18.8 Å². The van der Waals surface area contributed by atoms with Gasteiger partial charge in [0.15, 0.2) is 0 Å². The number of anilines is 1. The number of aromatic nitrogens is 1. The Balaban J connectivity index is 1.72. The Hall–Kier alpha value is -2.44. The van der Waals surface area contributed by atoms with Gasteiger partial charge in [-0.1, -0.05) is 48.0 Å². The molecule has 1 aliphatic rings. The number of benzene rings is 2. The van der Waals surface area contributed by atoms with E-state index >= 15 is 0 Å². The highest BCUT2D eigenvalue weighted by Gasteiger charge is 2.36. The molecule has 0 bridgehead atoms. The summed E-state index contributed by atoms with van der Waals surface area (Å²) in [6.45, 7) is 6.97. The molecular formula is C23H28N3O4P. The lowest BCUT2D eigenvalue weighted by atomic mass is 10.1. The molecule has 0 aliphatic carbocycles. The first-order valence-electron chi connectivity index (χ1n) is 10.5. The van der Waals surface area contributed by atoms with Gasteiger partial charge in [0.05, 0.1) is 19.8 Å². The molecule has 1 saturated heterocycles. The van der Waals surface area contributed by atoms with Crippen LogP contribution in [0.2, 0.25) is 0 Å². The fourth-order valence-electron chi connectivity index (χ4n) is 3.44. The van der Waals surface area contributed by atoms with Crippen LogP contribution in [-0.2, 0) is 20.4 Å². The van der Waals surface area contributed by atoms with Gasteiger partial charge in [0.25, 0.3) is 0 Å². The van der Waals surface area contributed by atoms with Gasteiger partial charge in [-0.25, -0.2) is 5.09 Å². The average molecular weight is 441 g/mol. The molecule has 4 rings (SSSR count). The summed E-state index contributed by atoms with van der Waals surface area (Å²) >= 11 is 0. The van der Waals surface area contributed by atoms with Crippen molar-refractivity contribution < 1.29 is 18.2 Å². The maximum absolute atomic E-state index is 14.0. The Morgan fingerprint density at radius 1 is 1.10 bits per heavy atom. The summed E-state index contributed by atoms with van der Waals surface area (Å²) in [5.41, 5.74) is 3.31. The topological polar surface area (TPSA) is 76.8 Å². The van der Waals surface area contributed by atoms with Crippen molar-refractivity contribution in [3.63, 3.8) is 0 Å². The number of morpholine rings is 1. The molecule has 0 saturated carbocycles. The van der Waals surface area contributed by atoms with E-state index in [1.165, 1.54) is 0 Å². The zero-order valence-corrected chi connectivity index (χ0v) is 18.8. The summed E-state index contributed by atoms with van der Waals surface area (Å²) in [6, 6.07) is 17.7. The van der Waals surface area contributed by atoms with Crippen LogP contribution in [0.5, 0.6) is 0 Å². The molecule has 8 heteroatoms. The molecule has 2 heterocycles. The Labute approximate surface area is 182 Å². The number of ether oxygens (including phenoxy) is 1. The summed E-state index contributed by atoms with van der Waals surface area (Å²) in [6.07, 6.45) is 0. The van der Waals surface area contributed by atoms with Crippen LogP contribution in [0.4, 0.5) is 5.88 Å². The van der Waals surface area contributed by atoms with Gasteiger partial charge in [-0.3, -0.25) is 4.57 Å². The summed E-state index contributed by atoms with van der Waals surface area (Å²) in [5.74, 6) is 0.911. The largest absolute Gasteiger partial charge is 0.420 e.